The minimum absolute atomic E-state index is 0.307. The maximum atomic E-state index is 9.47. The molecule has 0 heterocycles. The second kappa shape index (κ2) is 5.73. The number of nitrogens with two attached hydrogens (primary N) is 1. The van der Waals surface area contributed by atoms with Gasteiger partial charge < -0.3 is 15.6 Å². The molecule has 0 aromatic heterocycles. The van der Waals surface area contributed by atoms with Crippen LogP contribution >= 0.6 is 0 Å². The number of benzene rings is 1. The highest BCUT2D eigenvalue weighted by atomic mass is 16.5. The van der Waals surface area contributed by atoms with Crippen molar-refractivity contribution in [2.75, 3.05) is 13.2 Å². The zero-order valence-corrected chi connectivity index (χ0v) is 9.36. The summed E-state index contributed by atoms with van der Waals surface area (Å²) >= 11 is 0. The third kappa shape index (κ3) is 3.53. The Morgan fingerprint density at radius 1 is 1.40 bits per heavy atom. The zero-order valence-electron chi connectivity index (χ0n) is 9.36. The maximum Gasteiger partial charge on any atom is 0.122 e. The number of ether oxygens (including phenoxy) is 1. The van der Waals surface area contributed by atoms with Gasteiger partial charge in [-0.1, -0.05) is 12.1 Å². The Kier molecular flexibility index (Phi) is 4.59. The monoisotopic (exact) mass is 209 g/mol. The van der Waals surface area contributed by atoms with E-state index in [2.05, 4.69) is 0 Å². The molecule has 0 saturated heterocycles. The Balaban J connectivity index is 2.54. The van der Waals surface area contributed by atoms with Gasteiger partial charge in [0.05, 0.1) is 6.10 Å². The fourth-order valence-corrected chi connectivity index (χ4v) is 1.34. The number of hydrogen-bond acceptors (Lipinski definition) is 3. The molecular formula is C12H19NO2. The molecule has 0 radical (unpaired) electrons. The van der Waals surface area contributed by atoms with E-state index in [1.54, 1.807) is 0 Å². The first-order valence-electron chi connectivity index (χ1n) is 5.22. The summed E-state index contributed by atoms with van der Waals surface area (Å²) in [7, 11) is 0. The van der Waals surface area contributed by atoms with Crippen LogP contribution in [-0.2, 0) is 0 Å². The van der Waals surface area contributed by atoms with E-state index in [-0.39, 0.29) is 0 Å². The lowest BCUT2D eigenvalue weighted by Crippen LogP contribution is -2.21. The van der Waals surface area contributed by atoms with E-state index in [9.17, 15) is 5.11 Å². The summed E-state index contributed by atoms with van der Waals surface area (Å²) in [6.07, 6.45) is 0.0973. The van der Waals surface area contributed by atoms with Crippen molar-refractivity contribution in [2.24, 2.45) is 5.73 Å². The third-order valence-corrected chi connectivity index (χ3v) is 2.49. The highest BCUT2D eigenvalue weighted by molar-refractivity contribution is 5.38. The van der Waals surface area contributed by atoms with E-state index in [0.29, 0.717) is 19.6 Å². The summed E-state index contributed by atoms with van der Waals surface area (Å²) in [6, 6.07) is 5.91. The van der Waals surface area contributed by atoms with Crippen LogP contribution in [0.3, 0.4) is 0 Å². The van der Waals surface area contributed by atoms with Crippen molar-refractivity contribution in [1.82, 2.24) is 0 Å². The van der Waals surface area contributed by atoms with Gasteiger partial charge in [0.15, 0.2) is 0 Å². The fraction of sp³-hybridized carbons (Fsp3) is 0.500. The quantitative estimate of drug-likeness (QED) is 0.770. The van der Waals surface area contributed by atoms with Gasteiger partial charge in [-0.25, -0.2) is 0 Å². The molecule has 3 N–H and O–H groups in total. The first-order valence-corrected chi connectivity index (χ1v) is 5.22. The van der Waals surface area contributed by atoms with Crippen LogP contribution in [0.5, 0.6) is 5.75 Å². The molecule has 15 heavy (non-hydrogen) atoms. The van der Waals surface area contributed by atoms with E-state index in [1.807, 2.05) is 32.0 Å². The molecule has 0 spiro atoms. The van der Waals surface area contributed by atoms with E-state index >= 15 is 0 Å². The highest BCUT2D eigenvalue weighted by Crippen LogP contribution is 2.20. The van der Waals surface area contributed by atoms with E-state index < -0.39 is 6.10 Å². The summed E-state index contributed by atoms with van der Waals surface area (Å²) in [5.74, 6) is 0.839. The third-order valence-electron chi connectivity index (χ3n) is 2.49. The smallest absolute Gasteiger partial charge is 0.122 e. The Morgan fingerprint density at radius 2 is 2.13 bits per heavy atom. The molecule has 0 aliphatic rings. The molecule has 1 atom stereocenters. The van der Waals surface area contributed by atoms with Crippen molar-refractivity contribution in [3.63, 3.8) is 0 Å². The van der Waals surface area contributed by atoms with Crippen molar-refractivity contribution in [2.45, 2.75) is 26.4 Å². The minimum atomic E-state index is -0.477. The van der Waals surface area contributed by atoms with Gasteiger partial charge in [-0.15, -0.1) is 0 Å². The van der Waals surface area contributed by atoms with Crippen molar-refractivity contribution in [3.8, 4) is 5.75 Å². The Labute approximate surface area is 90.9 Å². The maximum absolute atomic E-state index is 9.47. The summed E-state index contributed by atoms with van der Waals surface area (Å²) < 4.78 is 5.53. The van der Waals surface area contributed by atoms with Crippen LogP contribution in [0.15, 0.2) is 18.2 Å². The van der Waals surface area contributed by atoms with Gasteiger partial charge in [0.25, 0.3) is 0 Å². The number of rotatable bonds is 5. The highest BCUT2D eigenvalue weighted by Gasteiger charge is 2.06. The second-order valence-electron chi connectivity index (χ2n) is 3.74. The van der Waals surface area contributed by atoms with E-state index in [4.69, 9.17) is 10.5 Å². The predicted molar refractivity (Wildman–Crippen MR) is 61.1 cm³/mol. The summed E-state index contributed by atoms with van der Waals surface area (Å²) in [5, 5.41) is 9.47. The van der Waals surface area contributed by atoms with Crippen molar-refractivity contribution < 1.29 is 9.84 Å². The van der Waals surface area contributed by atoms with Crippen LogP contribution < -0.4 is 10.5 Å². The minimum Gasteiger partial charge on any atom is -0.491 e. The molecule has 3 nitrogen and oxygen atoms in total. The van der Waals surface area contributed by atoms with Gasteiger partial charge in [0, 0.05) is 0 Å². The van der Waals surface area contributed by atoms with Crippen LogP contribution in [0.1, 0.15) is 17.5 Å². The lowest BCUT2D eigenvalue weighted by Gasteiger charge is -2.14. The molecule has 0 bridgehead atoms. The first-order chi connectivity index (χ1) is 7.15. The standard InChI is InChI=1S/C12H19NO2/c1-9-4-3-5-12(10(9)2)15-8-11(14)6-7-13/h3-5,11,14H,6-8,13H2,1-2H3. The molecule has 1 unspecified atom stereocenters. The fourth-order valence-electron chi connectivity index (χ4n) is 1.34. The van der Waals surface area contributed by atoms with Gasteiger partial charge in [-0.05, 0) is 44.0 Å². The lowest BCUT2D eigenvalue weighted by molar-refractivity contribution is 0.102. The van der Waals surface area contributed by atoms with Gasteiger partial charge >= 0.3 is 0 Å². The normalized spacial score (nSPS) is 12.5. The molecule has 0 amide bonds. The number of aliphatic hydroxyl groups excluding tert-OH is 1. The molecule has 0 saturated carbocycles. The molecule has 0 aliphatic carbocycles. The van der Waals surface area contributed by atoms with Crippen molar-refractivity contribution >= 4 is 0 Å². The molecule has 3 heteroatoms. The number of hydrogen-bond donors (Lipinski definition) is 2. The van der Waals surface area contributed by atoms with Gasteiger partial charge in [-0.2, -0.15) is 0 Å². The van der Waals surface area contributed by atoms with Crippen molar-refractivity contribution in [3.05, 3.63) is 29.3 Å². The Morgan fingerprint density at radius 3 is 2.80 bits per heavy atom. The predicted octanol–water partition coefficient (Wildman–Crippen LogP) is 1.39. The van der Waals surface area contributed by atoms with Gasteiger partial charge in [0.2, 0.25) is 0 Å². The summed E-state index contributed by atoms with van der Waals surface area (Å²) in [6.45, 7) is 4.84. The van der Waals surface area contributed by atoms with E-state index in [1.165, 1.54) is 5.56 Å². The van der Waals surface area contributed by atoms with Crippen LogP contribution in [0, 0.1) is 13.8 Å². The molecule has 84 valence electrons. The molecule has 0 fully saturated rings. The summed E-state index contributed by atoms with van der Waals surface area (Å²) in [5.41, 5.74) is 7.65. The average molecular weight is 209 g/mol. The molecule has 1 aromatic carbocycles. The summed E-state index contributed by atoms with van der Waals surface area (Å²) in [4.78, 5) is 0. The molecule has 1 aromatic rings. The molecular weight excluding hydrogens is 190 g/mol. The van der Waals surface area contributed by atoms with Crippen molar-refractivity contribution in [1.29, 1.82) is 0 Å². The zero-order chi connectivity index (χ0) is 11.3. The first kappa shape index (κ1) is 12.0. The number of aryl methyl sites for hydroxylation is 1. The lowest BCUT2D eigenvalue weighted by atomic mass is 10.1. The largest absolute Gasteiger partial charge is 0.491 e. The van der Waals surface area contributed by atoms with Crippen LogP contribution in [-0.4, -0.2) is 24.4 Å². The molecule has 0 aliphatic heterocycles. The van der Waals surface area contributed by atoms with Crippen LogP contribution in [0.4, 0.5) is 0 Å². The van der Waals surface area contributed by atoms with Gasteiger partial charge in [-0.3, -0.25) is 0 Å². The second-order valence-corrected chi connectivity index (χ2v) is 3.74. The number of aliphatic hydroxyl groups is 1. The van der Waals surface area contributed by atoms with Crippen LogP contribution in [0.25, 0.3) is 0 Å². The average Bonchev–Trinajstić information content (AvgIpc) is 2.21. The topological polar surface area (TPSA) is 55.5 Å². The Hall–Kier alpha value is -1.06. The SMILES string of the molecule is Cc1cccc(OCC(O)CCN)c1C. The molecule has 1 rings (SSSR count). The Bertz CT molecular complexity index is 312. The van der Waals surface area contributed by atoms with E-state index in [0.717, 1.165) is 11.3 Å². The van der Waals surface area contributed by atoms with Crippen LogP contribution in [0.2, 0.25) is 0 Å². The van der Waals surface area contributed by atoms with Gasteiger partial charge in [0.1, 0.15) is 12.4 Å².